The van der Waals surface area contributed by atoms with E-state index in [0.29, 0.717) is 11.6 Å². The summed E-state index contributed by atoms with van der Waals surface area (Å²) < 4.78 is 11.0. The van der Waals surface area contributed by atoms with Gasteiger partial charge in [-0.3, -0.25) is 0 Å². The smallest absolute Gasteiger partial charge is 0.226 e. The summed E-state index contributed by atoms with van der Waals surface area (Å²) in [5.74, 6) is 1.72. The van der Waals surface area contributed by atoms with Crippen molar-refractivity contribution in [2.45, 2.75) is 6.92 Å². The van der Waals surface area contributed by atoms with Crippen molar-refractivity contribution in [3.63, 3.8) is 0 Å². The molecule has 0 aliphatic carbocycles. The quantitative estimate of drug-likeness (QED) is 0.783. The summed E-state index contributed by atoms with van der Waals surface area (Å²) in [7, 11) is 5.52. The van der Waals surface area contributed by atoms with Gasteiger partial charge in [0.2, 0.25) is 5.89 Å². The van der Waals surface area contributed by atoms with Crippen molar-refractivity contribution in [3.8, 4) is 34.2 Å². The van der Waals surface area contributed by atoms with E-state index in [9.17, 15) is 5.11 Å². The van der Waals surface area contributed by atoms with Crippen LogP contribution in [0, 0.1) is 6.92 Å². The number of anilines is 1. The second-order valence-corrected chi connectivity index (χ2v) is 5.75. The van der Waals surface area contributed by atoms with Gasteiger partial charge in [-0.2, -0.15) is 0 Å². The topological polar surface area (TPSA) is 58.7 Å². The van der Waals surface area contributed by atoms with Crippen LogP contribution in [0.4, 0.5) is 5.69 Å². The first-order valence-corrected chi connectivity index (χ1v) is 7.62. The highest BCUT2D eigenvalue weighted by Crippen LogP contribution is 2.34. The van der Waals surface area contributed by atoms with E-state index in [4.69, 9.17) is 9.15 Å². The zero-order chi connectivity index (χ0) is 17.3. The van der Waals surface area contributed by atoms with Gasteiger partial charge in [-0.15, -0.1) is 0 Å². The summed E-state index contributed by atoms with van der Waals surface area (Å²) in [6.45, 7) is 1.89. The van der Waals surface area contributed by atoms with E-state index < -0.39 is 0 Å². The van der Waals surface area contributed by atoms with Gasteiger partial charge in [0, 0.05) is 30.9 Å². The molecule has 5 nitrogen and oxygen atoms in total. The molecular formula is C19H20N2O3. The fourth-order valence-electron chi connectivity index (χ4n) is 2.52. The molecule has 0 aliphatic heterocycles. The third kappa shape index (κ3) is 2.93. The summed E-state index contributed by atoms with van der Waals surface area (Å²) in [6.07, 6.45) is 0. The standard InChI is InChI=1S/C19H20N2O3/c1-12-18(13-5-8-15(9-6-13)21(2)3)20-19(24-12)14-7-10-16(22)17(11-14)23-4/h5-11,22H,1-4H3. The molecule has 0 radical (unpaired) electrons. The number of hydrogen-bond acceptors (Lipinski definition) is 5. The Morgan fingerprint density at radius 2 is 1.71 bits per heavy atom. The summed E-state index contributed by atoms with van der Waals surface area (Å²) >= 11 is 0. The maximum Gasteiger partial charge on any atom is 0.226 e. The maximum absolute atomic E-state index is 9.71. The SMILES string of the molecule is COc1cc(-c2nc(-c3ccc(N(C)C)cc3)c(C)o2)ccc1O. The van der Waals surface area contributed by atoms with E-state index in [2.05, 4.69) is 4.98 Å². The lowest BCUT2D eigenvalue weighted by atomic mass is 10.1. The molecule has 124 valence electrons. The molecule has 1 aromatic heterocycles. The highest BCUT2D eigenvalue weighted by atomic mass is 16.5. The first-order valence-electron chi connectivity index (χ1n) is 7.62. The van der Waals surface area contributed by atoms with Crippen molar-refractivity contribution in [3.05, 3.63) is 48.2 Å². The van der Waals surface area contributed by atoms with Crippen LogP contribution >= 0.6 is 0 Å². The summed E-state index contributed by atoms with van der Waals surface area (Å²) in [5, 5.41) is 9.71. The fourth-order valence-corrected chi connectivity index (χ4v) is 2.52. The lowest BCUT2D eigenvalue weighted by Crippen LogP contribution is -2.07. The lowest BCUT2D eigenvalue weighted by molar-refractivity contribution is 0.373. The van der Waals surface area contributed by atoms with Crippen LogP contribution in [0.3, 0.4) is 0 Å². The van der Waals surface area contributed by atoms with Crippen molar-refractivity contribution in [1.82, 2.24) is 4.98 Å². The van der Waals surface area contributed by atoms with Crippen molar-refractivity contribution < 1.29 is 14.3 Å². The average molecular weight is 324 g/mol. The van der Waals surface area contributed by atoms with E-state index in [0.717, 1.165) is 28.3 Å². The van der Waals surface area contributed by atoms with Gasteiger partial charge in [0.15, 0.2) is 11.5 Å². The van der Waals surface area contributed by atoms with Crippen LogP contribution in [-0.4, -0.2) is 31.3 Å². The second kappa shape index (κ2) is 6.28. The maximum atomic E-state index is 9.71. The molecule has 0 bridgehead atoms. The van der Waals surface area contributed by atoms with Crippen LogP contribution in [0.5, 0.6) is 11.5 Å². The zero-order valence-corrected chi connectivity index (χ0v) is 14.2. The second-order valence-electron chi connectivity index (χ2n) is 5.75. The fraction of sp³-hybridized carbons (Fsp3) is 0.211. The highest BCUT2D eigenvalue weighted by Gasteiger charge is 2.15. The number of hydrogen-bond donors (Lipinski definition) is 1. The number of phenolic OH excluding ortho intramolecular Hbond substituents is 1. The molecule has 0 saturated heterocycles. The van der Waals surface area contributed by atoms with Gasteiger partial charge in [0.25, 0.3) is 0 Å². The lowest BCUT2D eigenvalue weighted by Gasteiger charge is -2.12. The molecule has 1 N–H and O–H groups in total. The monoisotopic (exact) mass is 324 g/mol. The van der Waals surface area contributed by atoms with Crippen molar-refractivity contribution in [2.24, 2.45) is 0 Å². The minimum atomic E-state index is 0.0871. The Labute approximate surface area is 141 Å². The van der Waals surface area contributed by atoms with E-state index in [1.54, 1.807) is 18.2 Å². The Kier molecular flexibility index (Phi) is 4.16. The molecule has 0 atom stereocenters. The largest absolute Gasteiger partial charge is 0.504 e. The number of benzene rings is 2. The molecule has 3 aromatic rings. The van der Waals surface area contributed by atoms with Gasteiger partial charge in [-0.1, -0.05) is 12.1 Å². The molecule has 0 aliphatic rings. The number of ether oxygens (including phenoxy) is 1. The summed E-state index contributed by atoms with van der Waals surface area (Å²) in [4.78, 5) is 6.66. The number of aryl methyl sites for hydroxylation is 1. The minimum absolute atomic E-state index is 0.0871. The molecule has 0 fully saturated rings. The van der Waals surface area contributed by atoms with Crippen LogP contribution in [0.1, 0.15) is 5.76 Å². The predicted molar refractivity (Wildman–Crippen MR) is 94.7 cm³/mol. The Balaban J connectivity index is 1.98. The number of phenols is 1. The third-order valence-electron chi connectivity index (χ3n) is 3.88. The van der Waals surface area contributed by atoms with E-state index >= 15 is 0 Å². The molecule has 0 unspecified atom stereocenters. The molecular weight excluding hydrogens is 304 g/mol. The van der Waals surface area contributed by atoms with E-state index in [1.807, 2.05) is 50.2 Å². The van der Waals surface area contributed by atoms with Gasteiger partial charge in [0.05, 0.1) is 7.11 Å². The summed E-state index contributed by atoms with van der Waals surface area (Å²) in [6, 6.07) is 13.2. The third-order valence-corrected chi connectivity index (χ3v) is 3.88. The highest BCUT2D eigenvalue weighted by molar-refractivity contribution is 5.68. The molecule has 5 heteroatoms. The molecule has 0 amide bonds. The van der Waals surface area contributed by atoms with E-state index in [1.165, 1.54) is 7.11 Å². The molecule has 3 rings (SSSR count). The Hall–Kier alpha value is -2.95. The Bertz CT molecular complexity index is 852. The van der Waals surface area contributed by atoms with E-state index in [-0.39, 0.29) is 5.75 Å². The van der Waals surface area contributed by atoms with Crippen molar-refractivity contribution >= 4 is 5.69 Å². The predicted octanol–water partition coefficient (Wildman–Crippen LogP) is 4.10. The van der Waals surface area contributed by atoms with Crippen molar-refractivity contribution in [1.29, 1.82) is 0 Å². The number of rotatable bonds is 4. The minimum Gasteiger partial charge on any atom is -0.504 e. The number of oxazole rings is 1. The normalized spacial score (nSPS) is 10.7. The number of methoxy groups -OCH3 is 1. The first kappa shape index (κ1) is 15.9. The molecule has 1 heterocycles. The van der Waals surface area contributed by atoms with Crippen LogP contribution in [0.15, 0.2) is 46.9 Å². The van der Waals surface area contributed by atoms with Gasteiger partial charge in [0.1, 0.15) is 11.5 Å². The molecule has 0 spiro atoms. The Morgan fingerprint density at radius 1 is 1.04 bits per heavy atom. The van der Waals surface area contributed by atoms with Crippen LogP contribution in [-0.2, 0) is 0 Å². The van der Waals surface area contributed by atoms with Crippen LogP contribution in [0.25, 0.3) is 22.7 Å². The van der Waals surface area contributed by atoms with Gasteiger partial charge in [-0.05, 0) is 37.3 Å². The Morgan fingerprint density at radius 3 is 2.33 bits per heavy atom. The molecule has 2 aromatic carbocycles. The molecule has 24 heavy (non-hydrogen) atoms. The first-order chi connectivity index (χ1) is 11.5. The average Bonchev–Trinajstić information content (AvgIpc) is 2.97. The molecule has 0 saturated carbocycles. The van der Waals surface area contributed by atoms with Crippen LogP contribution < -0.4 is 9.64 Å². The van der Waals surface area contributed by atoms with Gasteiger partial charge in [-0.25, -0.2) is 4.98 Å². The number of aromatic nitrogens is 1. The zero-order valence-electron chi connectivity index (χ0n) is 14.2. The van der Waals surface area contributed by atoms with Crippen molar-refractivity contribution in [2.75, 3.05) is 26.1 Å². The number of nitrogens with zero attached hydrogens (tertiary/aromatic N) is 2. The van der Waals surface area contributed by atoms with Crippen LogP contribution in [0.2, 0.25) is 0 Å². The number of aromatic hydroxyl groups is 1. The van der Waals surface area contributed by atoms with Gasteiger partial charge >= 0.3 is 0 Å². The summed E-state index contributed by atoms with van der Waals surface area (Å²) in [5.41, 5.74) is 3.69. The van der Waals surface area contributed by atoms with Gasteiger partial charge < -0.3 is 19.2 Å².